The fourth-order valence-electron chi connectivity index (χ4n) is 5.19. The average molecular weight is 549 g/mol. The smallest absolute Gasteiger partial charge is 0.339 e. The Hall–Kier alpha value is -4.33. The van der Waals surface area contributed by atoms with Crippen molar-refractivity contribution in [2.24, 2.45) is 0 Å². The van der Waals surface area contributed by atoms with Crippen molar-refractivity contribution in [2.75, 3.05) is 11.9 Å². The number of carboxylic acids is 1. The zero-order valence-corrected chi connectivity index (χ0v) is 21.6. The molecule has 13 nitrogen and oxygen atoms in total. The van der Waals surface area contributed by atoms with Crippen LogP contribution in [0.1, 0.15) is 54.0 Å². The first-order chi connectivity index (χ1) is 19.5. The Balaban J connectivity index is 1.25. The standard InChI is InChI=1S/C27H28N6O7/c1-2-28-27(36)32-22-19-23(30-13-29-22)33(14-31-19)24-21-20(39-26(40-21)15-7-4-3-5-8-15)18(38-24)10-6-9-17-16(25(34)35)11-12-37-17/h3-5,7-8,11-14,18,20-21,24,26H,2,6,9-10H2,1H3,(H,34,35)(H2,28,29,30,32,36)/t18?,20?,21?,24?,26-/m0/s1. The summed E-state index contributed by atoms with van der Waals surface area (Å²) in [6, 6.07) is 10.7. The molecule has 5 atom stereocenters. The van der Waals surface area contributed by atoms with Crippen LogP contribution in [-0.2, 0) is 20.6 Å². The highest BCUT2D eigenvalue weighted by Crippen LogP contribution is 2.46. The number of rotatable bonds is 9. The molecule has 6 rings (SSSR count). The zero-order chi connectivity index (χ0) is 27.6. The highest BCUT2D eigenvalue weighted by molar-refractivity contribution is 5.95. The third-order valence-electron chi connectivity index (χ3n) is 6.99. The molecule has 3 N–H and O–H groups in total. The van der Waals surface area contributed by atoms with Crippen molar-refractivity contribution in [3.8, 4) is 0 Å². The Morgan fingerprint density at radius 3 is 2.67 bits per heavy atom. The first-order valence-electron chi connectivity index (χ1n) is 13.1. The van der Waals surface area contributed by atoms with Crippen molar-refractivity contribution >= 4 is 29.0 Å². The molecule has 13 heteroatoms. The predicted molar refractivity (Wildman–Crippen MR) is 139 cm³/mol. The monoisotopic (exact) mass is 548 g/mol. The second kappa shape index (κ2) is 11.0. The van der Waals surface area contributed by atoms with Crippen LogP contribution in [0.4, 0.5) is 10.6 Å². The van der Waals surface area contributed by atoms with Crippen molar-refractivity contribution < 1.29 is 33.3 Å². The van der Waals surface area contributed by atoms with Gasteiger partial charge in [0, 0.05) is 18.5 Å². The Labute approximate surface area is 228 Å². The van der Waals surface area contributed by atoms with Gasteiger partial charge in [-0.3, -0.25) is 9.88 Å². The Morgan fingerprint density at radius 2 is 1.88 bits per heavy atom. The van der Waals surface area contributed by atoms with E-state index < -0.39 is 36.7 Å². The number of fused-ring (bicyclic) bond motifs is 2. The van der Waals surface area contributed by atoms with Crippen LogP contribution in [0.15, 0.2) is 59.7 Å². The Bertz CT molecular complexity index is 1510. The number of hydrogen-bond acceptors (Lipinski definition) is 9. The summed E-state index contributed by atoms with van der Waals surface area (Å²) in [4.78, 5) is 36.6. The molecule has 0 bridgehead atoms. The second-order valence-corrected chi connectivity index (χ2v) is 9.49. The summed E-state index contributed by atoms with van der Waals surface area (Å²) in [5.41, 5.74) is 1.94. The topological polar surface area (TPSA) is 163 Å². The molecule has 2 saturated heterocycles. The van der Waals surface area contributed by atoms with Gasteiger partial charge in [0.25, 0.3) is 0 Å². The van der Waals surface area contributed by atoms with Gasteiger partial charge in [0.05, 0.1) is 18.7 Å². The number of amides is 2. The SMILES string of the molecule is CCNC(=O)Nc1ncnc2c1ncn2C1OC(CCCc2occc2C(=O)O)C2O[C@H](c3ccccc3)OC21. The number of nitrogens with zero attached hydrogens (tertiary/aromatic N) is 4. The molecule has 2 aliphatic rings. The van der Waals surface area contributed by atoms with E-state index in [0.717, 1.165) is 5.56 Å². The molecule has 0 saturated carbocycles. The number of carbonyl (C=O) groups excluding carboxylic acids is 1. The maximum absolute atomic E-state index is 12.1. The van der Waals surface area contributed by atoms with Crippen molar-refractivity contribution in [3.63, 3.8) is 0 Å². The van der Waals surface area contributed by atoms with Gasteiger partial charge in [-0.2, -0.15) is 0 Å². The molecular weight excluding hydrogens is 520 g/mol. The number of carbonyl (C=O) groups is 2. The maximum Gasteiger partial charge on any atom is 0.339 e. The van der Waals surface area contributed by atoms with Gasteiger partial charge in [0.2, 0.25) is 0 Å². The summed E-state index contributed by atoms with van der Waals surface area (Å²) in [6.07, 6.45) is 3.56. The first kappa shape index (κ1) is 25.9. The van der Waals surface area contributed by atoms with Crippen molar-refractivity contribution in [1.29, 1.82) is 0 Å². The number of carboxylic acid groups (broad SMARTS) is 1. The molecule has 0 spiro atoms. The number of anilines is 1. The highest BCUT2D eigenvalue weighted by atomic mass is 16.8. The van der Waals surface area contributed by atoms with Crippen LogP contribution < -0.4 is 10.6 Å². The van der Waals surface area contributed by atoms with E-state index in [1.807, 2.05) is 37.3 Å². The van der Waals surface area contributed by atoms with E-state index in [0.29, 0.717) is 42.7 Å². The summed E-state index contributed by atoms with van der Waals surface area (Å²) in [5, 5.41) is 14.8. The molecule has 4 aromatic rings. The van der Waals surface area contributed by atoms with Gasteiger partial charge in [-0.15, -0.1) is 0 Å². The van der Waals surface area contributed by atoms with E-state index >= 15 is 0 Å². The second-order valence-electron chi connectivity index (χ2n) is 9.49. The van der Waals surface area contributed by atoms with Gasteiger partial charge < -0.3 is 29.1 Å². The van der Waals surface area contributed by atoms with Crippen LogP contribution in [0.3, 0.4) is 0 Å². The van der Waals surface area contributed by atoms with Crippen LogP contribution in [0.2, 0.25) is 0 Å². The summed E-state index contributed by atoms with van der Waals surface area (Å²) in [6.45, 7) is 2.28. The van der Waals surface area contributed by atoms with Crippen LogP contribution in [0.5, 0.6) is 0 Å². The van der Waals surface area contributed by atoms with Crippen LogP contribution >= 0.6 is 0 Å². The lowest BCUT2D eigenvalue weighted by molar-refractivity contribution is -0.148. The lowest BCUT2D eigenvalue weighted by Gasteiger charge is -2.21. The Morgan fingerprint density at radius 1 is 1.05 bits per heavy atom. The number of benzene rings is 1. The minimum atomic E-state index is -1.02. The zero-order valence-electron chi connectivity index (χ0n) is 21.6. The van der Waals surface area contributed by atoms with Crippen LogP contribution in [0, 0.1) is 0 Å². The molecule has 5 heterocycles. The van der Waals surface area contributed by atoms with Crippen molar-refractivity contribution in [2.45, 2.75) is 57.0 Å². The average Bonchev–Trinajstić information content (AvgIpc) is 3.74. The van der Waals surface area contributed by atoms with Gasteiger partial charge in [0.1, 0.15) is 29.9 Å². The molecule has 40 heavy (non-hydrogen) atoms. The minimum absolute atomic E-state index is 0.161. The molecule has 2 fully saturated rings. The maximum atomic E-state index is 12.1. The lowest BCUT2D eigenvalue weighted by Crippen LogP contribution is -2.29. The summed E-state index contributed by atoms with van der Waals surface area (Å²) in [5.74, 6) is -0.317. The molecule has 3 aromatic heterocycles. The highest BCUT2D eigenvalue weighted by Gasteiger charge is 2.53. The normalized spacial score (nSPS) is 23.8. The van der Waals surface area contributed by atoms with E-state index in [2.05, 4.69) is 25.6 Å². The molecule has 2 aliphatic heterocycles. The number of ether oxygens (including phenoxy) is 3. The number of nitrogens with one attached hydrogen (secondary N) is 2. The van der Waals surface area contributed by atoms with E-state index in [-0.39, 0.29) is 17.5 Å². The van der Waals surface area contributed by atoms with Gasteiger partial charge in [-0.1, -0.05) is 30.3 Å². The van der Waals surface area contributed by atoms with E-state index in [4.69, 9.17) is 18.6 Å². The molecule has 208 valence electrons. The van der Waals surface area contributed by atoms with E-state index in [1.165, 1.54) is 18.7 Å². The molecule has 0 radical (unpaired) electrons. The number of imidazole rings is 1. The van der Waals surface area contributed by atoms with Crippen LogP contribution in [-0.4, -0.2) is 61.5 Å². The van der Waals surface area contributed by atoms with Gasteiger partial charge in [0.15, 0.2) is 29.5 Å². The third-order valence-corrected chi connectivity index (χ3v) is 6.99. The van der Waals surface area contributed by atoms with Crippen LogP contribution in [0.25, 0.3) is 11.2 Å². The Kier molecular flexibility index (Phi) is 7.15. The van der Waals surface area contributed by atoms with E-state index in [9.17, 15) is 14.7 Å². The van der Waals surface area contributed by atoms with Gasteiger partial charge >= 0.3 is 12.0 Å². The lowest BCUT2D eigenvalue weighted by atomic mass is 10.0. The largest absolute Gasteiger partial charge is 0.478 e. The fraction of sp³-hybridized carbons (Fsp3) is 0.370. The summed E-state index contributed by atoms with van der Waals surface area (Å²) < 4.78 is 26.4. The number of aromatic nitrogens is 4. The molecule has 4 unspecified atom stereocenters. The number of aryl methyl sites for hydroxylation is 1. The number of urea groups is 1. The number of hydrogen-bond donors (Lipinski definition) is 3. The first-order valence-corrected chi connectivity index (χ1v) is 13.1. The molecule has 0 aliphatic carbocycles. The summed E-state index contributed by atoms with van der Waals surface area (Å²) >= 11 is 0. The van der Waals surface area contributed by atoms with E-state index in [1.54, 1.807) is 10.9 Å². The third kappa shape index (κ3) is 4.90. The number of furan rings is 1. The molecule has 2 amide bonds. The molecular formula is C27H28N6O7. The van der Waals surface area contributed by atoms with Crippen molar-refractivity contribution in [3.05, 3.63) is 72.2 Å². The predicted octanol–water partition coefficient (Wildman–Crippen LogP) is 3.66. The van der Waals surface area contributed by atoms with Gasteiger partial charge in [-0.05, 0) is 25.8 Å². The fourth-order valence-corrected chi connectivity index (χ4v) is 5.19. The minimum Gasteiger partial charge on any atom is -0.478 e. The van der Waals surface area contributed by atoms with Gasteiger partial charge in [-0.25, -0.2) is 24.5 Å². The summed E-state index contributed by atoms with van der Waals surface area (Å²) in [7, 11) is 0. The number of aromatic carboxylic acids is 1. The molecule has 1 aromatic carbocycles. The quantitative estimate of drug-likeness (QED) is 0.281. The van der Waals surface area contributed by atoms with Crippen molar-refractivity contribution in [1.82, 2.24) is 24.8 Å².